The molecule has 0 bridgehead atoms. The summed E-state index contributed by atoms with van der Waals surface area (Å²) in [5, 5.41) is 3.61. The molecule has 0 fully saturated rings. The molecule has 10 heteroatoms. The third kappa shape index (κ3) is 9.37. The number of methoxy groups -OCH3 is 1. The quantitative estimate of drug-likeness (QED) is 0.155. The van der Waals surface area contributed by atoms with Gasteiger partial charge in [0.2, 0.25) is 0 Å². The Kier molecular flexibility index (Phi) is 10.4. The third-order valence-corrected chi connectivity index (χ3v) is 7.90. The van der Waals surface area contributed by atoms with Gasteiger partial charge in [0.05, 0.1) is 18.4 Å². The second-order valence-corrected chi connectivity index (χ2v) is 17.8. The van der Waals surface area contributed by atoms with Crippen molar-refractivity contribution in [3.63, 3.8) is 0 Å². The maximum absolute atomic E-state index is 12.4. The number of aryl methyl sites for hydroxylation is 1. The number of pyridine rings is 1. The molecule has 0 aliphatic heterocycles. The van der Waals surface area contributed by atoms with E-state index in [9.17, 15) is 9.59 Å². The second kappa shape index (κ2) is 13.3. The van der Waals surface area contributed by atoms with Crippen molar-refractivity contribution in [2.24, 2.45) is 5.92 Å². The molecule has 0 aliphatic rings. The van der Waals surface area contributed by atoms with Gasteiger partial charge in [0.1, 0.15) is 29.5 Å². The number of fused-ring (bicyclic) bond motifs is 1. The molecule has 1 N–H and O–H groups in total. The summed E-state index contributed by atoms with van der Waals surface area (Å²) in [5.41, 5.74) is 2.16. The summed E-state index contributed by atoms with van der Waals surface area (Å²) >= 11 is 0. The van der Waals surface area contributed by atoms with Gasteiger partial charge in [-0.2, -0.15) is 0 Å². The summed E-state index contributed by atoms with van der Waals surface area (Å²) in [6.45, 7) is 15.7. The Bertz CT molecular complexity index is 1290. The Morgan fingerprint density at radius 1 is 1.10 bits per heavy atom. The van der Waals surface area contributed by atoms with E-state index in [2.05, 4.69) is 29.9 Å². The molecule has 1 unspecified atom stereocenters. The van der Waals surface area contributed by atoms with E-state index in [1.54, 1.807) is 27.0 Å². The number of hydrogen-bond acceptors (Lipinski definition) is 7. The van der Waals surface area contributed by atoms with Crippen LogP contribution in [0.4, 0.5) is 4.79 Å². The lowest BCUT2D eigenvalue weighted by Gasteiger charge is -2.21. The fourth-order valence-corrected chi connectivity index (χ4v) is 4.89. The van der Waals surface area contributed by atoms with Crippen LogP contribution in [0.25, 0.3) is 11.0 Å². The molecule has 3 rings (SSSR count). The van der Waals surface area contributed by atoms with Gasteiger partial charge in [-0.3, -0.25) is 4.79 Å². The van der Waals surface area contributed by atoms with Crippen molar-refractivity contribution in [1.29, 1.82) is 0 Å². The van der Waals surface area contributed by atoms with Crippen molar-refractivity contribution in [2.75, 3.05) is 20.3 Å². The van der Waals surface area contributed by atoms with E-state index in [0.717, 1.165) is 34.8 Å². The summed E-state index contributed by atoms with van der Waals surface area (Å²) < 4.78 is 24.4. The van der Waals surface area contributed by atoms with Crippen LogP contribution in [0.15, 0.2) is 42.7 Å². The number of amides is 1. The molecule has 0 aliphatic carbocycles. The van der Waals surface area contributed by atoms with Gasteiger partial charge < -0.3 is 28.8 Å². The largest absolute Gasteiger partial charge is 0.469 e. The van der Waals surface area contributed by atoms with Crippen molar-refractivity contribution in [3.8, 4) is 11.5 Å². The third-order valence-electron chi connectivity index (χ3n) is 6.19. The number of benzene rings is 1. The molecule has 40 heavy (non-hydrogen) atoms. The molecular weight excluding hydrogens is 526 g/mol. The topological polar surface area (TPSA) is 101 Å². The molecule has 218 valence electrons. The Labute approximate surface area is 238 Å². The predicted molar refractivity (Wildman–Crippen MR) is 159 cm³/mol. The minimum absolute atomic E-state index is 0.104. The Hall–Kier alpha value is -3.37. The van der Waals surface area contributed by atoms with Crippen LogP contribution in [-0.2, 0) is 32.2 Å². The van der Waals surface area contributed by atoms with Gasteiger partial charge >= 0.3 is 12.1 Å². The number of carbonyl (C=O) groups is 2. The average Bonchev–Trinajstić information content (AvgIpc) is 3.19. The van der Waals surface area contributed by atoms with Gasteiger partial charge in [0.15, 0.2) is 0 Å². The van der Waals surface area contributed by atoms with Crippen molar-refractivity contribution < 1.29 is 28.5 Å². The molecule has 3 aromatic rings. The van der Waals surface area contributed by atoms with Gasteiger partial charge in [-0.05, 0) is 69.5 Å². The average molecular weight is 570 g/mol. The lowest BCUT2D eigenvalue weighted by atomic mass is 9.99. The lowest BCUT2D eigenvalue weighted by molar-refractivity contribution is -0.145. The number of esters is 1. The predicted octanol–water partition coefficient (Wildman–Crippen LogP) is 6.31. The minimum atomic E-state index is -1.15. The van der Waals surface area contributed by atoms with Crippen LogP contribution >= 0.6 is 0 Å². The standard InChI is InChI=1S/C30H43N3O6Si/c1-21-19-33(20-37-15-16-40(6,7)8)27-26(21)25(13-14-31-27)38-24-11-9-22(10-12-24)17-23(28(34)36-5)18-32-29(35)39-30(2,3)4/h9-14,19,23H,15-18,20H2,1-8H3,(H,32,35). The molecule has 1 atom stereocenters. The van der Waals surface area contributed by atoms with Crippen molar-refractivity contribution in [1.82, 2.24) is 14.9 Å². The Morgan fingerprint density at radius 2 is 1.80 bits per heavy atom. The van der Waals surface area contributed by atoms with Crippen molar-refractivity contribution in [2.45, 2.75) is 72.1 Å². The highest BCUT2D eigenvalue weighted by molar-refractivity contribution is 6.76. The summed E-state index contributed by atoms with van der Waals surface area (Å²) in [7, 11) is 0.189. The molecule has 0 saturated heterocycles. The molecule has 0 saturated carbocycles. The molecule has 9 nitrogen and oxygen atoms in total. The van der Waals surface area contributed by atoms with Crippen LogP contribution in [0.5, 0.6) is 11.5 Å². The number of carbonyl (C=O) groups excluding carboxylic acids is 2. The zero-order valence-electron chi connectivity index (χ0n) is 25.0. The van der Waals surface area contributed by atoms with Crippen LogP contribution < -0.4 is 10.1 Å². The van der Waals surface area contributed by atoms with E-state index < -0.39 is 31.7 Å². The number of nitrogens with zero attached hydrogens (tertiary/aromatic N) is 2. The van der Waals surface area contributed by atoms with Gasteiger partial charge in [-0.15, -0.1) is 0 Å². The Morgan fingerprint density at radius 3 is 2.42 bits per heavy atom. The van der Waals surface area contributed by atoms with Gasteiger partial charge in [0.25, 0.3) is 0 Å². The second-order valence-electron chi connectivity index (χ2n) is 12.2. The molecule has 1 aromatic carbocycles. The van der Waals surface area contributed by atoms with Gasteiger partial charge in [-0.1, -0.05) is 31.8 Å². The highest BCUT2D eigenvalue weighted by Crippen LogP contribution is 2.32. The number of hydrogen-bond donors (Lipinski definition) is 1. The minimum Gasteiger partial charge on any atom is -0.469 e. The molecule has 0 radical (unpaired) electrons. The Balaban J connectivity index is 1.66. The maximum atomic E-state index is 12.4. The van der Waals surface area contributed by atoms with Crippen LogP contribution in [0.1, 0.15) is 31.9 Å². The van der Waals surface area contributed by atoms with E-state index >= 15 is 0 Å². The first-order valence-corrected chi connectivity index (χ1v) is 17.3. The highest BCUT2D eigenvalue weighted by atomic mass is 28.3. The zero-order valence-corrected chi connectivity index (χ0v) is 26.0. The van der Waals surface area contributed by atoms with Crippen molar-refractivity contribution in [3.05, 3.63) is 53.9 Å². The fraction of sp³-hybridized carbons (Fsp3) is 0.500. The first-order valence-electron chi connectivity index (χ1n) is 13.6. The first-order chi connectivity index (χ1) is 18.8. The summed E-state index contributed by atoms with van der Waals surface area (Å²) in [5.74, 6) is 0.417. The lowest BCUT2D eigenvalue weighted by Crippen LogP contribution is -2.38. The van der Waals surface area contributed by atoms with E-state index in [1.807, 2.05) is 48.0 Å². The van der Waals surface area contributed by atoms with Gasteiger partial charge in [-0.25, -0.2) is 9.78 Å². The van der Waals surface area contributed by atoms with Crippen LogP contribution in [0, 0.1) is 12.8 Å². The van der Waals surface area contributed by atoms with E-state index in [4.69, 9.17) is 18.9 Å². The van der Waals surface area contributed by atoms with Crippen LogP contribution in [0.3, 0.4) is 0 Å². The normalized spacial score (nSPS) is 12.7. The van der Waals surface area contributed by atoms with E-state index in [1.165, 1.54) is 7.11 Å². The molecule has 1 amide bonds. The summed E-state index contributed by atoms with van der Waals surface area (Å²) in [4.78, 5) is 29.0. The number of rotatable bonds is 12. The molecule has 2 aromatic heterocycles. The summed E-state index contributed by atoms with van der Waals surface area (Å²) in [6, 6.07) is 10.5. The number of nitrogens with one attached hydrogen (secondary N) is 1. The van der Waals surface area contributed by atoms with E-state index in [-0.39, 0.29) is 6.54 Å². The first kappa shape index (κ1) is 31.2. The SMILES string of the molecule is COC(=O)C(CNC(=O)OC(C)(C)C)Cc1ccc(Oc2ccnc3c2c(C)cn3COCC[Si](C)(C)C)cc1. The van der Waals surface area contributed by atoms with E-state index in [0.29, 0.717) is 24.7 Å². The molecule has 0 spiro atoms. The fourth-order valence-electron chi connectivity index (χ4n) is 4.14. The smallest absolute Gasteiger partial charge is 0.407 e. The molecule has 2 heterocycles. The zero-order chi connectivity index (χ0) is 29.5. The highest BCUT2D eigenvalue weighted by Gasteiger charge is 2.23. The number of ether oxygens (including phenoxy) is 4. The monoisotopic (exact) mass is 569 g/mol. The maximum Gasteiger partial charge on any atom is 0.407 e. The molecular formula is C30H43N3O6Si. The van der Waals surface area contributed by atoms with Crippen LogP contribution in [-0.4, -0.2) is 55.5 Å². The van der Waals surface area contributed by atoms with Crippen molar-refractivity contribution >= 4 is 31.2 Å². The number of aromatic nitrogens is 2. The number of alkyl carbamates (subject to hydrolysis) is 1. The van der Waals surface area contributed by atoms with Gasteiger partial charge in [0, 0.05) is 33.6 Å². The van der Waals surface area contributed by atoms with Crippen LogP contribution in [0.2, 0.25) is 25.7 Å². The summed E-state index contributed by atoms with van der Waals surface area (Å²) in [6.07, 6.45) is 3.60.